The molecule has 6 heteroatoms. The molecule has 2 aromatic rings. The van der Waals surface area contributed by atoms with Crippen LogP contribution in [0.2, 0.25) is 0 Å². The molecule has 2 heterocycles. The maximum absolute atomic E-state index is 12.3. The standard InChI is InChI=1S/C17H20N4O2/c1-11(19-17(23)12(2)21-9-3-8-18-21)13-4-6-15-14(10-13)5-7-16(22)20-15/h3-4,6,8-12H,5,7H2,1-2H3,(H,19,23)(H,20,22)/t11-,12-/m0/s1. The van der Waals surface area contributed by atoms with Crippen LogP contribution in [-0.4, -0.2) is 21.6 Å². The summed E-state index contributed by atoms with van der Waals surface area (Å²) in [4.78, 5) is 23.7. The summed E-state index contributed by atoms with van der Waals surface area (Å²) in [5.41, 5.74) is 3.01. The number of hydrogen-bond donors (Lipinski definition) is 2. The van der Waals surface area contributed by atoms with Gasteiger partial charge in [-0.05, 0) is 43.5 Å². The number of carbonyl (C=O) groups excluding carboxylic acids is 2. The molecule has 0 fully saturated rings. The third-order valence-corrected chi connectivity index (χ3v) is 4.18. The van der Waals surface area contributed by atoms with E-state index in [9.17, 15) is 9.59 Å². The van der Waals surface area contributed by atoms with Gasteiger partial charge in [-0.25, -0.2) is 0 Å². The monoisotopic (exact) mass is 312 g/mol. The fourth-order valence-electron chi connectivity index (χ4n) is 2.72. The van der Waals surface area contributed by atoms with E-state index >= 15 is 0 Å². The van der Waals surface area contributed by atoms with Gasteiger partial charge in [0.25, 0.3) is 0 Å². The Bertz CT molecular complexity index is 724. The van der Waals surface area contributed by atoms with Crippen LogP contribution < -0.4 is 10.6 Å². The Labute approximate surface area is 134 Å². The predicted molar refractivity (Wildman–Crippen MR) is 86.9 cm³/mol. The van der Waals surface area contributed by atoms with E-state index < -0.39 is 0 Å². The van der Waals surface area contributed by atoms with Gasteiger partial charge < -0.3 is 10.6 Å². The fraction of sp³-hybridized carbons (Fsp3) is 0.353. The molecule has 0 saturated carbocycles. The molecule has 0 spiro atoms. The Morgan fingerprint density at radius 3 is 2.91 bits per heavy atom. The first-order valence-electron chi connectivity index (χ1n) is 7.77. The lowest BCUT2D eigenvalue weighted by molar-refractivity contribution is -0.124. The molecular weight excluding hydrogens is 292 g/mol. The van der Waals surface area contributed by atoms with E-state index in [2.05, 4.69) is 21.8 Å². The van der Waals surface area contributed by atoms with E-state index in [4.69, 9.17) is 0 Å². The summed E-state index contributed by atoms with van der Waals surface area (Å²) in [6.07, 6.45) is 4.67. The highest BCUT2D eigenvalue weighted by atomic mass is 16.2. The Balaban J connectivity index is 1.70. The minimum Gasteiger partial charge on any atom is -0.348 e. The molecular formula is C17H20N4O2. The van der Waals surface area contributed by atoms with E-state index in [0.717, 1.165) is 23.2 Å². The summed E-state index contributed by atoms with van der Waals surface area (Å²) in [6.45, 7) is 3.77. The number of benzene rings is 1. The number of aromatic nitrogens is 2. The predicted octanol–water partition coefficient (Wildman–Crippen LogP) is 2.21. The van der Waals surface area contributed by atoms with Crippen LogP contribution >= 0.6 is 0 Å². The first-order valence-corrected chi connectivity index (χ1v) is 7.77. The van der Waals surface area contributed by atoms with Crippen molar-refractivity contribution in [3.63, 3.8) is 0 Å². The highest BCUT2D eigenvalue weighted by molar-refractivity contribution is 5.93. The molecule has 120 valence electrons. The smallest absolute Gasteiger partial charge is 0.245 e. The van der Waals surface area contributed by atoms with Gasteiger partial charge in [-0.3, -0.25) is 14.3 Å². The van der Waals surface area contributed by atoms with Gasteiger partial charge in [0.2, 0.25) is 11.8 Å². The van der Waals surface area contributed by atoms with Crippen LogP contribution in [0.15, 0.2) is 36.7 Å². The zero-order valence-corrected chi connectivity index (χ0v) is 13.2. The third-order valence-electron chi connectivity index (χ3n) is 4.18. The van der Waals surface area contributed by atoms with Gasteiger partial charge in [-0.2, -0.15) is 5.10 Å². The second-order valence-electron chi connectivity index (χ2n) is 5.86. The number of rotatable bonds is 4. The quantitative estimate of drug-likeness (QED) is 0.909. The van der Waals surface area contributed by atoms with Crippen molar-refractivity contribution in [3.05, 3.63) is 47.8 Å². The van der Waals surface area contributed by atoms with E-state index in [-0.39, 0.29) is 23.9 Å². The molecule has 23 heavy (non-hydrogen) atoms. The summed E-state index contributed by atoms with van der Waals surface area (Å²) < 4.78 is 1.63. The zero-order chi connectivity index (χ0) is 16.4. The lowest BCUT2D eigenvalue weighted by Gasteiger charge is -2.21. The van der Waals surface area contributed by atoms with Crippen molar-refractivity contribution in [3.8, 4) is 0 Å². The number of nitrogens with one attached hydrogen (secondary N) is 2. The van der Waals surface area contributed by atoms with E-state index in [1.54, 1.807) is 23.1 Å². The van der Waals surface area contributed by atoms with Gasteiger partial charge in [0.15, 0.2) is 0 Å². The molecule has 1 aromatic carbocycles. The Kier molecular flexibility index (Phi) is 4.14. The van der Waals surface area contributed by atoms with Gasteiger partial charge in [0, 0.05) is 24.5 Å². The minimum atomic E-state index is -0.357. The SMILES string of the molecule is C[C@H](NC(=O)[C@H](C)n1cccn1)c1ccc2c(c1)CCC(=O)N2. The average Bonchev–Trinajstić information content (AvgIpc) is 3.07. The van der Waals surface area contributed by atoms with Crippen LogP contribution in [-0.2, 0) is 16.0 Å². The molecule has 0 unspecified atom stereocenters. The molecule has 3 rings (SSSR count). The number of carbonyl (C=O) groups is 2. The summed E-state index contributed by atoms with van der Waals surface area (Å²) in [7, 11) is 0. The lowest BCUT2D eigenvalue weighted by atomic mass is 9.97. The fourth-order valence-corrected chi connectivity index (χ4v) is 2.72. The number of nitrogens with zero attached hydrogens (tertiary/aromatic N) is 2. The molecule has 2 N–H and O–H groups in total. The Hall–Kier alpha value is -2.63. The van der Waals surface area contributed by atoms with Gasteiger partial charge in [-0.1, -0.05) is 12.1 Å². The topological polar surface area (TPSA) is 76.0 Å². The van der Waals surface area contributed by atoms with Crippen LogP contribution in [0.5, 0.6) is 0 Å². The van der Waals surface area contributed by atoms with Crippen molar-refractivity contribution in [2.75, 3.05) is 5.32 Å². The largest absolute Gasteiger partial charge is 0.348 e. The molecule has 1 aliphatic heterocycles. The highest BCUT2D eigenvalue weighted by Crippen LogP contribution is 2.26. The van der Waals surface area contributed by atoms with Gasteiger partial charge >= 0.3 is 0 Å². The first kappa shape index (κ1) is 15.3. The zero-order valence-electron chi connectivity index (χ0n) is 13.2. The number of anilines is 1. The van der Waals surface area contributed by atoms with E-state index in [1.165, 1.54) is 0 Å². The normalized spacial score (nSPS) is 16.2. The molecule has 0 saturated heterocycles. The molecule has 6 nitrogen and oxygen atoms in total. The summed E-state index contributed by atoms with van der Waals surface area (Å²) in [6, 6.07) is 7.23. The van der Waals surface area contributed by atoms with Crippen molar-refractivity contribution in [2.45, 2.75) is 38.8 Å². The minimum absolute atomic E-state index is 0.0552. The van der Waals surface area contributed by atoms with Crippen molar-refractivity contribution in [1.82, 2.24) is 15.1 Å². The van der Waals surface area contributed by atoms with Crippen molar-refractivity contribution < 1.29 is 9.59 Å². The second-order valence-corrected chi connectivity index (χ2v) is 5.86. The molecule has 2 atom stereocenters. The van der Waals surface area contributed by atoms with Gasteiger partial charge in [0.1, 0.15) is 6.04 Å². The third kappa shape index (κ3) is 3.26. The Morgan fingerprint density at radius 2 is 2.17 bits per heavy atom. The van der Waals surface area contributed by atoms with Crippen molar-refractivity contribution in [2.24, 2.45) is 0 Å². The van der Waals surface area contributed by atoms with Crippen molar-refractivity contribution >= 4 is 17.5 Å². The van der Waals surface area contributed by atoms with Crippen LogP contribution in [0.25, 0.3) is 0 Å². The summed E-state index contributed by atoms with van der Waals surface area (Å²) in [5, 5.41) is 9.98. The van der Waals surface area contributed by atoms with Gasteiger partial charge in [0.05, 0.1) is 6.04 Å². The van der Waals surface area contributed by atoms with Crippen LogP contribution in [0.3, 0.4) is 0 Å². The van der Waals surface area contributed by atoms with Crippen molar-refractivity contribution in [1.29, 1.82) is 0 Å². The molecule has 2 amide bonds. The maximum atomic E-state index is 12.3. The van der Waals surface area contributed by atoms with E-state index in [1.807, 2.05) is 26.0 Å². The lowest BCUT2D eigenvalue weighted by Crippen LogP contribution is -2.33. The molecule has 0 bridgehead atoms. The highest BCUT2D eigenvalue weighted by Gasteiger charge is 2.20. The number of fused-ring (bicyclic) bond motifs is 1. The van der Waals surface area contributed by atoms with Crippen LogP contribution in [0.4, 0.5) is 5.69 Å². The summed E-state index contributed by atoms with van der Waals surface area (Å²) >= 11 is 0. The molecule has 0 aliphatic carbocycles. The number of hydrogen-bond acceptors (Lipinski definition) is 3. The van der Waals surface area contributed by atoms with Gasteiger partial charge in [-0.15, -0.1) is 0 Å². The number of aryl methyl sites for hydroxylation is 1. The Morgan fingerprint density at radius 1 is 1.35 bits per heavy atom. The average molecular weight is 312 g/mol. The molecule has 1 aromatic heterocycles. The van der Waals surface area contributed by atoms with Crippen LogP contribution in [0.1, 0.15) is 43.5 Å². The molecule has 1 aliphatic rings. The maximum Gasteiger partial charge on any atom is 0.245 e. The first-order chi connectivity index (χ1) is 11.0. The summed E-state index contributed by atoms with van der Waals surface area (Å²) in [5.74, 6) is -0.0214. The van der Waals surface area contributed by atoms with E-state index in [0.29, 0.717) is 6.42 Å². The second kappa shape index (κ2) is 6.24. The number of amides is 2. The van der Waals surface area contributed by atoms with Crippen LogP contribution in [0, 0.1) is 0 Å². The molecule has 0 radical (unpaired) electrons.